The highest BCUT2D eigenvalue weighted by Crippen LogP contribution is 2.32. The normalized spacial score (nSPS) is 13.8. The summed E-state index contributed by atoms with van der Waals surface area (Å²) in [5.74, 6) is 0.587. The number of nitrogens with two attached hydrogens (primary N) is 1. The largest absolute Gasteiger partial charge is 0.490 e. The molecule has 0 atom stereocenters. The van der Waals surface area contributed by atoms with Gasteiger partial charge in [0.1, 0.15) is 12.4 Å². The number of rotatable bonds is 2. The average molecular weight is 216 g/mol. The molecule has 4 nitrogen and oxygen atoms in total. The third-order valence-corrected chi connectivity index (χ3v) is 2.90. The lowest BCUT2D eigenvalue weighted by atomic mass is 10.1. The van der Waals surface area contributed by atoms with E-state index in [9.17, 15) is 4.79 Å². The van der Waals surface area contributed by atoms with Gasteiger partial charge in [0.15, 0.2) is 0 Å². The summed E-state index contributed by atoms with van der Waals surface area (Å²) in [5, 5.41) is 1.07. The van der Waals surface area contributed by atoms with Gasteiger partial charge in [0.05, 0.1) is 18.5 Å². The molecule has 0 saturated carbocycles. The molecule has 16 heavy (non-hydrogen) atoms. The van der Waals surface area contributed by atoms with Gasteiger partial charge in [-0.05, 0) is 11.6 Å². The van der Waals surface area contributed by atoms with E-state index in [-0.39, 0.29) is 12.3 Å². The van der Waals surface area contributed by atoms with Gasteiger partial charge in [-0.15, -0.1) is 0 Å². The summed E-state index contributed by atoms with van der Waals surface area (Å²) < 4.78 is 7.71. The van der Waals surface area contributed by atoms with Crippen LogP contribution in [0.5, 0.6) is 5.75 Å². The van der Waals surface area contributed by atoms with E-state index in [0.29, 0.717) is 6.61 Å². The molecule has 2 N–H and O–H groups in total. The molecule has 0 spiro atoms. The molecule has 1 aromatic heterocycles. The Balaban J connectivity index is 2.25. The lowest BCUT2D eigenvalue weighted by Gasteiger charge is -2.16. The number of carbonyl (C=O) groups is 1. The highest BCUT2D eigenvalue weighted by Gasteiger charge is 2.17. The highest BCUT2D eigenvalue weighted by molar-refractivity contribution is 5.92. The molecule has 1 amide bonds. The van der Waals surface area contributed by atoms with Gasteiger partial charge < -0.3 is 15.0 Å². The Bertz CT molecular complexity index is 572. The molecular weight excluding hydrogens is 204 g/mol. The first-order chi connectivity index (χ1) is 7.75. The molecule has 82 valence electrons. The summed E-state index contributed by atoms with van der Waals surface area (Å²) in [7, 11) is 0. The van der Waals surface area contributed by atoms with E-state index in [0.717, 1.165) is 28.8 Å². The minimum Gasteiger partial charge on any atom is -0.490 e. The minimum atomic E-state index is -0.301. The Kier molecular flexibility index (Phi) is 1.89. The average Bonchev–Trinajstić information content (AvgIpc) is 2.59. The number of amides is 1. The van der Waals surface area contributed by atoms with Crippen LogP contribution < -0.4 is 10.5 Å². The fourth-order valence-corrected chi connectivity index (χ4v) is 2.28. The van der Waals surface area contributed by atoms with Crippen molar-refractivity contribution in [3.63, 3.8) is 0 Å². The molecule has 1 aliphatic rings. The summed E-state index contributed by atoms with van der Waals surface area (Å²) in [6, 6.07) is 5.89. The highest BCUT2D eigenvalue weighted by atomic mass is 16.5. The van der Waals surface area contributed by atoms with Crippen LogP contribution in [0, 0.1) is 0 Å². The molecule has 2 aromatic rings. The fourth-order valence-electron chi connectivity index (χ4n) is 2.28. The molecule has 0 saturated heterocycles. The van der Waals surface area contributed by atoms with Crippen molar-refractivity contribution in [2.45, 2.75) is 13.0 Å². The lowest BCUT2D eigenvalue weighted by molar-refractivity contribution is -0.117. The van der Waals surface area contributed by atoms with Crippen molar-refractivity contribution in [3.8, 4) is 5.75 Å². The number of hydrogen-bond donors (Lipinski definition) is 1. The van der Waals surface area contributed by atoms with Crippen LogP contribution in [-0.2, 0) is 17.8 Å². The summed E-state index contributed by atoms with van der Waals surface area (Å²) in [6.07, 6.45) is 2.29. The molecule has 0 unspecified atom stereocenters. The predicted molar refractivity (Wildman–Crippen MR) is 60.3 cm³/mol. The predicted octanol–water partition coefficient (Wildman–Crippen LogP) is 1.06. The van der Waals surface area contributed by atoms with Gasteiger partial charge in [0, 0.05) is 11.6 Å². The SMILES string of the molecule is NC(=O)Cc1cn2c3c(cccc13)OCC2. The van der Waals surface area contributed by atoms with Gasteiger partial charge in [0.2, 0.25) is 5.91 Å². The number of primary amides is 1. The summed E-state index contributed by atoms with van der Waals surface area (Å²) >= 11 is 0. The Morgan fingerprint density at radius 1 is 1.50 bits per heavy atom. The van der Waals surface area contributed by atoms with E-state index in [1.54, 1.807) is 0 Å². The van der Waals surface area contributed by atoms with Crippen molar-refractivity contribution < 1.29 is 9.53 Å². The van der Waals surface area contributed by atoms with E-state index in [4.69, 9.17) is 10.5 Å². The quantitative estimate of drug-likeness (QED) is 0.816. The van der Waals surface area contributed by atoms with Crippen molar-refractivity contribution in [2.24, 2.45) is 5.73 Å². The van der Waals surface area contributed by atoms with E-state index >= 15 is 0 Å². The number of para-hydroxylation sites is 1. The standard InChI is InChI=1S/C12H12N2O2/c13-11(15)6-8-7-14-4-5-16-10-3-1-2-9(8)12(10)14/h1-3,7H,4-6H2,(H2,13,15). The maximum Gasteiger partial charge on any atom is 0.221 e. The van der Waals surface area contributed by atoms with Crippen molar-refractivity contribution in [3.05, 3.63) is 30.0 Å². The Labute approximate surface area is 92.6 Å². The molecule has 3 rings (SSSR count). The second-order valence-electron chi connectivity index (χ2n) is 3.99. The van der Waals surface area contributed by atoms with Crippen molar-refractivity contribution in [1.29, 1.82) is 0 Å². The van der Waals surface area contributed by atoms with Crippen LogP contribution in [0.1, 0.15) is 5.56 Å². The minimum absolute atomic E-state index is 0.285. The number of carbonyl (C=O) groups excluding carboxylic acids is 1. The van der Waals surface area contributed by atoms with Crippen LogP contribution in [0.4, 0.5) is 0 Å². The van der Waals surface area contributed by atoms with Crippen LogP contribution in [0.25, 0.3) is 10.9 Å². The van der Waals surface area contributed by atoms with Gasteiger partial charge in [-0.25, -0.2) is 0 Å². The third kappa shape index (κ3) is 1.26. The summed E-state index contributed by atoms with van der Waals surface area (Å²) in [6.45, 7) is 1.50. The Morgan fingerprint density at radius 3 is 3.19 bits per heavy atom. The Hall–Kier alpha value is -1.97. The Morgan fingerprint density at radius 2 is 2.38 bits per heavy atom. The smallest absolute Gasteiger partial charge is 0.221 e. The van der Waals surface area contributed by atoms with Gasteiger partial charge in [-0.1, -0.05) is 12.1 Å². The number of nitrogens with zero attached hydrogens (tertiary/aromatic N) is 1. The van der Waals surface area contributed by atoms with Crippen molar-refractivity contribution in [1.82, 2.24) is 4.57 Å². The van der Waals surface area contributed by atoms with Crippen LogP contribution in [0.15, 0.2) is 24.4 Å². The van der Waals surface area contributed by atoms with E-state index in [2.05, 4.69) is 4.57 Å². The van der Waals surface area contributed by atoms with E-state index < -0.39 is 0 Å². The van der Waals surface area contributed by atoms with Crippen LogP contribution in [-0.4, -0.2) is 17.1 Å². The first kappa shape index (κ1) is 9.27. The summed E-state index contributed by atoms with van der Waals surface area (Å²) in [4.78, 5) is 11.0. The second-order valence-corrected chi connectivity index (χ2v) is 3.99. The van der Waals surface area contributed by atoms with Gasteiger partial charge >= 0.3 is 0 Å². The van der Waals surface area contributed by atoms with E-state index in [1.165, 1.54) is 0 Å². The molecule has 1 aromatic carbocycles. The van der Waals surface area contributed by atoms with Gasteiger partial charge in [0.25, 0.3) is 0 Å². The molecule has 0 fully saturated rings. The molecule has 2 heterocycles. The first-order valence-electron chi connectivity index (χ1n) is 5.27. The van der Waals surface area contributed by atoms with Crippen molar-refractivity contribution in [2.75, 3.05) is 6.61 Å². The molecule has 0 radical (unpaired) electrons. The zero-order chi connectivity index (χ0) is 11.1. The number of hydrogen-bond acceptors (Lipinski definition) is 2. The van der Waals surface area contributed by atoms with Crippen LogP contribution >= 0.6 is 0 Å². The molecule has 4 heteroatoms. The van der Waals surface area contributed by atoms with E-state index in [1.807, 2.05) is 24.4 Å². The number of ether oxygens (including phenoxy) is 1. The second kappa shape index (κ2) is 3.27. The lowest BCUT2D eigenvalue weighted by Crippen LogP contribution is -2.13. The topological polar surface area (TPSA) is 57.2 Å². The molecule has 1 aliphatic heterocycles. The molecular formula is C12H12N2O2. The zero-order valence-corrected chi connectivity index (χ0v) is 8.77. The molecule has 0 bridgehead atoms. The van der Waals surface area contributed by atoms with Gasteiger partial charge in [-0.3, -0.25) is 4.79 Å². The fraction of sp³-hybridized carbons (Fsp3) is 0.250. The van der Waals surface area contributed by atoms with Gasteiger partial charge in [-0.2, -0.15) is 0 Å². The third-order valence-electron chi connectivity index (χ3n) is 2.90. The number of benzene rings is 1. The maximum absolute atomic E-state index is 11.0. The first-order valence-corrected chi connectivity index (χ1v) is 5.27. The maximum atomic E-state index is 11.0. The van der Waals surface area contributed by atoms with Crippen LogP contribution in [0.3, 0.4) is 0 Å². The van der Waals surface area contributed by atoms with Crippen molar-refractivity contribution >= 4 is 16.8 Å². The zero-order valence-electron chi connectivity index (χ0n) is 8.77. The monoisotopic (exact) mass is 216 g/mol. The molecule has 0 aliphatic carbocycles. The number of aromatic nitrogens is 1. The van der Waals surface area contributed by atoms with Crippen LogP contribution in [0.2, 0.25) is 0 Å². The summed E-state index contributed by atoms with van der Waals surface area (Å²) in [5.41, 5.74) is 7.30.